The molecule has 2 rings (SSSR count). The average Bonchev–Trinajstić information content (AvgIpc) is 2.32. The van der Waals surface area contributed by atoms with Gasteiger partial charge in [0.25, 0.3) is 5.56 Å². The first kappa shape index (κ1) is 11.7. The van der Waals surface area contributed by atoms with Gasteiger partial charge < -0.3 is 5.73 Å². The maximum atomic E-state index is 11.8. The molecule has 0 radical (unpaired) electrons. The van der Waals surface area contributed by atoms with Crippen molar-refractivity contribution in [3.8, 4) is 0 Å². The summed E-state index contributed by atoms with van der Waals surface area (Å²) in [4.78, 5) is 15.9. The van der Waals surface area contributed by atoms with E-state index in [0.717, 1.165) is 5.56 Å². The Labute approximate surface area is 104 Å². The topological polar surface area (TPSA) is 60.9 Å². The summed E-state index contributed by atoms with van der Waals surface area (Å²) in [5.74, 6) is 0.638. The Balaban J connectivity index is 2.39. The van der Waals surface area contributed by atoms with Crippen LogP contribution in [0.2, 0.25) is 5.02 Å². The van der Waals surface area contributed by atoms with E-state index < -0.39 is 0 Å². The molecule has 0 amide bonds. The molecule has 1 aromatic carbocycles. The van der Waals surface area contributed by atoms with Crippen LogP contribution in [0.4, 0.5) is 5.69 Å². The zero-order chi connectivity index (χ0) is 12.4. The summed E-state index contributed by atoms with van der Waals surface area (Å²) in [6.45, 7) is 2.22. The summed E-state index contributed by atoms with van der Waals surface area (Å²) in [6.07, 6.45) is 1.38. The number of hydrogen-bond donors (Lipinski definition) is 1. The number of aryl methyl sites for hydroxylation is 1. The second kappa shape index (κ2) is 4.59. The number of nitrogens with two attached hydrogens (primary N) is 1. The molecule has 0 aliphatic heterocycles. The Kier molecular flexibility index (Phi) is 3.15. The number of nitrogen functional groups attached to an aromatic ring is 1. The molecule has 0 unspecified atom stereocenters. The summed E-state index contributed by atoms with van der Waals surface area (Å²) >= 11 is 5.80. The van der Waals surface area contributed by atoms with Crippen molar-refractivity contribution in [3.63, 3.8) is 0 Å². The van der Waals surface area contributed by atoms with E-state index in [2.05, 4.69) is 4.98 Å². The predicted molar refractivity (Wildman–Crippen MR) is 68.2 cm³/mol. The number of nitrogens with zero attached hydrogens (tertiary/aromatic N) is 2. The third kappa shape index (κ3) is 2.47. The van der Waals surface area contributed by atoms with E-state index in [9.17, 15) is 4.79 Å². The summed E-state index contributed by atoms with van der Waals surface area (Å²) in [5.41, 5.74) is 6.47. The first-order valence-corrected chi connectivity index (χ1v) is 5.52. The molecule has 88 valence electrons. The van der Waals surface area contributed by atoms with Gasteiger partial charge in [-0.2, -0.15) is 0 Å². The average molecular weight is 250 g/mol. The van der Waals surface area contributed by atoms with Crippen LogP contribution in [0.15, 0.2) is 35.3 Å². The number of benzene rings is 1. The van der Waals surface area contributed by atoms with Gasteiger partial charge >= 0.3 is 0 Å². The van der Waals surface area contributed by atoms with Gasteiger partial charge in [-0.1, -0.05) is 23.7 Å². The first-order chi connectivity index (χ1) is 8.08. The maximum absolute atomic E-state index is 11.8. The zero-order valence-corrected chi connectivity index (χ0v) is 10.1. The highest BCUT2D eigenvalue weighted by Crippen LogP contribution is 2.10. The molecule has 2 N–H and O–H groups in total. The molecule has 0 saturated carbocycles. The number of hydrogen-bond acceptors (Lipinski definition) is 3. The summed E-state index contributed by atoms with van der Waals surface area (Å²) in [7, 11) is 0. The molecule has 0 fully saturated rings. The Morgan fingerprint density at radius 2 is 2.00 bits per heavy atom. The number of anilines is 1. The van der Waals surface area contributed by atoms with Crippen LogP contribution in [0, 0.1) is 6.92 Å². The van der Waals surface area contributed by atoms with E-state index in [1.165, 1.54) is 6.20 Å². The number of halogens is 1. The van der Waals surface area contributed by atoms with Crippen LogP contribution in [-0.4, -0.2) is 9.55 Å². The normalized spacial score (nSPS) is 10.5. The molecule has 1 heterocycles. The summed E-state index contributed by atoms with van der Waals surface area (Å²) in [5, 5.41) is 0.670. The third-order valence-electron chi connectivity index (χ3n) is 2.53. The van der Waals surface area contributed by atoms with E-state index in [4.69, 9.17) is 17.3 Å². The SMILES string of the molecule is Cc1ncc(N)c(=O)n1Cc1ccc(Cl)cc1. The second-order valence-electron chi connectivity index (χ2n) is 3.78. The van der Waals surface area contributed by atoms with Crippen molar-refractivity contribution in [2.24, 2.45) is 0 Å². The minimum atomic E-state index is -0.215. The van der Waals surface area contributed by atoms with Crippen molar-refractivity contribution in [2.45, 2.75) is 13.5 Å². The number of aromatic nitrogens is 2. The van der Waals surface area contributed by atoms with E-state index in [0.29, 0.717) is 17.4 Å². The van der Waals surface area contributed by atoms with Crippen molar-refractivity contribution in [2.75, 3.05) is 5.73 Å². The van der Waals surface area contributed by atoms with Crippen LogP contribution in [0.25, 0.3) is 0 Å². The van der Waals surface area contributed by atoms with Crippen molar-refractivity contribution in [1.82, 2.24) is 9.55 Å². The van der Waals surface area contributed by atoms with Gasteiger partial charge in [-0.25, -0.2) is 4.98 Å². The fraction of sp³-hybridized carbons (Fsp3) is 0.167. The smallest absolute Gasteiger partial charge is 0.276 e. The van der Waals surface area contributed by atoms with Crippen molar-refractivity contribution in [1.29, 1.82) is 0 Å². The lowest BCUT2D eigenvalue weighted by Crippen LogP contribution is -2.26. The van der Waals surface area contributed by atoms with Gasteiger partial charge in [0.05, 0.1) is 12.7 Å². The summed E-state index contributed by atoms with van der Waals surface area (Å²) in [6, 6.07) is 7.32. The summed E-state index contributed by atoms with van der Waals surface area (Å²) < 4.78 is 1.54. The highest BCUT2D eigenvalue weighted by atomic mass is 35.5. The molecule has 0 spiro atoms. The Hall–Kier alpha value is -1.81. The van der Waals surface area contributed by atoms with Gasteiger partial charge in [0, 0.05) is 5.02 Å². The zero-order valence-electron chi connectivity index (χ0n) is 9.35. The van der Waals surface area contributed by atoms with Gasteiger partial charge in [-0.05, 0) is 24.6 Å². The molecule has 1 aromatic heterocycles. The molecule has 4 nitrogen and oxygen atoms in total. The van der Waals surface area contributed by atoms with Crippen molar-refractivity contribution in [3.05, 3.63) is 57.2 Å². The maximum Gasteiger partial charge on any atom is 0.276 e. The fourth-order valence-corrected chi connectivity index (χ4v) is 1.68. The van der Waals surface area contributed by atoms with Crippen LogP contribution in [0.5, 0.6) is 0 Å². The molecule has 5 heteroatoms. The van der Waals surface area contributed by atoms with Crippen LogP contribution < -0.4 is 11.3 Å². The van der Waals surface area contributed by atoms with Gasteiger partial charge in [0.1, 0.15) is 11.5 Å². The van der Waals surface area contributed by atoms with Crippen LogP contribution in [0.3, 0.4) is 0 Å². The second-order valence-corrected chi connectivity index (χ2v) is 4.21. The van der Waals surface area contributed by atoms with Gasteiger partial charge in [-0.15, -0.1) is 0 Å². The number of rotatable bonds is 2. The van der Waals surface area contributed by atoms with Crippen LogP contribution in [0.1, 0.15) is 11.4 Å². The highest BCUT2D eigenvalue weighted by Gasteiger charge is 2.05. The van der Waals surface area contributed by atoms with Crippen LogP contribution in [-0.2, 0) is 6.54 Å². The molecule has 0 aliphatic carbocycles. The molecule has 0 saturated heterocycles. The molecule has 0 bridgehead atoms. The van der Waals surface area contributed by atoms with E-state index in [1.807, 2.05) is 12.1 Å². The lowest BCUT2D eigenvalue weighted by molar-refractivity contribution is 0.703. The van der Waals surface area contributed by atoms with Gasteiger partial charge in [0.2, 0.25) is 0 Å². The standard InChI is InChI=1S/C12H12ClN3O/c1-8-15-6-11(14)12(17)16(8)7-9-2-4-10(13)5-3-9/h2-6H,7,14H2,1H3. The molecular formula is C12H12ClN3O. The van der Waals surface area contributed by atoms with E-state index in [1.54, 1.807) is 23.6 Å². The Bertz CT molecular complexity index is 590. The van der Waals surface area contributed by atoms with E-state index in [-0.39, 0.29) is 11.2 Å². The molecular weight excluding hydrogens is 238 g/mol. The van der Waals surface area contributed by atoms with Crippen molar-refractivity contribution >= 4 is 17.3 Å². The minimum absolute atomic E-state index is 0.157. The predicted octanol–water partition coefficient (Wildman–Crippen LogP) is 1.84. The van der Waals surface area contributed by atoms with Gasteiger partial charge in [0.15, 0.2) is 0 Å². The van der Waals surface area contributed by atoms with Gasteiger partial charge in [-0.3, -0.25) is 9.36 Å². The van der Waals surface area contributed by atoms with Crippen molar-refractivity contribution < 1.29 is 0 Å². The third-order valence-corrected chi connectivity index (χ3v) is 2.78. The van der Waals surface area contributed by atoms with Crippen LogP contribution >= 0.6 is 11.6 Å². The fourth-order valence-electron chi connectivity index (χ4n) is 1.55. The molecule has 0 atom stereocenters. The quantitative estimate of drug-likeness (QED) is 0.883. The first-order valence-electron chi connectivity index (χ1n) is 5.14. The largest absolute Gasteiger partial charge is 0.393 e. The minimum Gasteiger partial charge on any atom is -0.393 e. The Morgan fingerprint density at radius 3 is 2.65 bits per heavy atom. The monoisotopic (exact) mass is 249 g/mol. The lowest BCUT2D eigenvalue weighted by atomic mass is 10.2. The molecule has 0 aliphatic rings. The highest BCUT2D eigenvalue weighted by molar-refractivity contribution is 6.30. The Morgan fingerprint density at radius 1 is 1.35 bits per heavy atom. The van der Waals surface area contributed by atoms with E-state index >= 15 is 0 Å². The molecule has 17 heavy (non-hydrogen) atoms. The lowest BCUT2D eigenvalue weighted by Gasteiger charge is -2.09. The molecule has 2 aromatic rings.